The molecule has 0 amide bonds. The fourth-order valence-electron chi connectivity index (χ4n) is 2.57. The fraction of sp³-hybridized carbons (Fsp3) is 0.600. The molecular formula is C15H24N2O2S. The van der Waals surface area contributed by atoms with Gasteiger partial charge < -0.3 is 10.2 Å². The highest BCUT2D eigenvalue weighted by Crippen LogP contribution is 2.20. The Morgan fingerprint density at radius 2 is 1.90 bits per heavy atom. The van der Waals surface area contributed by atoms with E-state index in [2.05, 4.69) is 17.1 Å². The zero-order valence-corrected chi connectivity index (χ0v) is 13.1. The van der Waals surface area contributed by atoms with E-state index in [4.69, 9.17) is 0 Å². The number of piperidine rings is 1. The van der Waals surface area contributed by atoms with Crippen molar-refractivity contribution in [1.29, 1.82) is 0 Å². The minimum atomic E-state index is -3.17. The predicted octanol–water partition coefficient (Wildman–Crippen LogP) is 2.23. The standard InChI is InChI=1S/C15H24N2O2S/c1-13-7-10-17(11-8-13)12-9-16-14-5-3-4-6-15(14)20(2,18)19/h3-6,13,16H,7-12H2,1-2H3. The summed E-state index contributed by atoms with van der Waals surface area (Å²) in [6.07, 6.45) is 3.78. The van der Waals surface area contributed by atoms with Crippen molar-refractivity contribution in [2.24, 2.45) is 5.92 Å². The molecule has 0 aromatic heterocycles. The molecule has 1 aliphatic heterocycles. The molecule has 0 spiro atoms. The molecule has 0 radical (unpaired) electrons. The summed E-state index contributed by atoms with van der Waals surface area (Å²) in [7, 11) is -3.17. The molecule has 1 fully saturated rings. The second kappa shape index (κ2) is 6.59. The van der Waals surface area contributed by atoms with Crippen LogP contribution < -0.4 is 5.32 Å². The van der Waals surface area contributed by atoms with Crippen LogP contribution in [0.5, 0.6) is 0 Å². The van der Waals surface area contributed by atoms with Crippen LogP contribution in [0.3, 0.4) is 0 Å². The van der Waals surface area contributed by atoms with Gasteiger partial charge in [-0.25, -0.2) is 8.42 Å². The number of nitrogens with one attached hydrogen (secondary N) is 1. The zero-order valence-electron chi connectivity index (χ0n) is 12.3. The van der Waals surface area contributed by atoms with Gasteiger partial charge in [0, 0.05) is 19.3 Å². The van der Waals surface area contributed by atoms with Gasteiger partial charge in [-0.3, -0.25) is 0 Å². The third-order valence-corrected chi connectivity index (χ3v) is 5.06. The average molecular weight is 296 g/mol. The third-order valence-electron chi connectivity index (χ3n) is 3.91. The normalized spacial score (nSPS) is 18.1. The van der Waals surface area contributed by atoms with E-state index in [1.165, 1.54) is 19.1 Å². The number of likely N-dealkylation sites (tertiary alicyclic amines) is 1. The van der Waals surface area contributed by atoms with Gasteiger partial charge in [-0.1, -0.05) is 19.1 Å². The van der Waals surface area contributed by atoms with Crippen molar-refractivity contribution in [3.05, 3.63) is 24.3 Å². The van der Waals surface area contributed by atoms with Gasteiger partial charge in [-0.2, -0.15) is 0 Å². The number of hydrogen-bond donors (Lipinski definition) is 1. The van der Waals surface area contributed by atoms with Gasteiger partial charge in [0.05, 0.1) is 10.6 Å². The van der Waals surface area contributed by atoms with E-state index in [1.54, 1.807) is 12.1 Å². The molecule has 0 unspecified atom stereocenters. The van der Waals surface area contributed by atoms with Crippen LogP contribution in [0.2, 0.25) is 0 Å². The smallest absolute Gasteiger partial charge is 0.177 e. The van der Waals surface area contributed by atoms with Crippen LogP contribution in [-0.4, -0.2) is 45.8 Å². The van der Waals surface area contributed by atoms with Gasteiger partial charge in [0.2, 0.25) is 0 Å². The molecule has 1 aromatic carbocycles. The van der Waals surface area contributed by atoms with E-state index in [-0.39, 0.29) is 0 Å². The van der Waals surface area contributed by atoms with Crippen LogP contribution in [0.25, 0.3) is 0 Å². The van der Waals surface area contributed by atoms with Gasteiger partial charge in [0.25, 0.3) is 0 Å². The Morgan fingerprint density at radius 1 is 1.25 bits per heavy atom. The van der Waals surface area contributed by atoms with Crippen molar-refractivity contribution in [3.8, 4) is 0 Å². The number of rotatable bonds is 5. The first-order valence-electron chi connectivity index (χ1n) is 7.22. The number of sulfone groups is 1. The van der Waals surface area contributed by atoms with E-state index >= 15 is 0 Å². The number of benzene rings is 1. The van der Waals surface area contributed by atoms with Crippen molar-refractivity contribution in [1.82, 2.24) is 4.90 Å². The Balaban J connectivity index is 1.89. The van der Waals surface area contributed by atoms with E-state index in [1.807, 2.05) is 12.1 Å². The van der Waals surface area contributed by atoms with Crippen molar-refractivity contribution < 1.29 is 8.42 Å². The van der Waals surface area contributed by atoms with Crippen LogP contribution in [0, 0.1) is 5.92 Å². The summed E-state index contributed by atoms with van der Waals surface area (Å²) in [5.74, 6) is 0.838. The summed E-state index contributed by atoms with van der Waals surface area (Å²) in [4.78, 5) is 2.82. The monoisotopic (exact) mass is 296 g/mol. The second-order valence-electron chi connectivity index (χ2n) is 5.72. The van der Waals surface area contributed by atoms with Crippen molar-refractivity contribution >= 4 is 15.5 Å². The molecule has 2 rings (SSSR count). The lowest BCUT2D eigenvalue weighted by atomic mass is 9.99. The van der Waals surface area contributed by atoms with Gasteiger partial charge >= 0.3 is 0 Å². The molecule has 0 saturated carbocycles. The molecule has 0 atom stereocenters. The first kappa shape index (κ1) is 15.3. The lowest BCUT2D eigenvalue weighted by molar-refractivity contribution is 0.199. The van der Waals surface area contributed by atoms with Crippen molar-refractivity contribution in [2.45, 2.75) is 24.7 Å². The molecule has 1 heterocycles. The lowest BCUT2D eigenvalue weighted by Gasteiger charge is -2.30. The summed E-state index contributed by atoms with van der Waals surface area (Å²) < 4.78 is 23.4. The summed E-state index contributed by atoms with van der Waals surface area (Å²) in [6, 6.07) is 7.10. The molecule has 1 aromatic rings. The highest BCUT2D eigenvalue weighted by atomic mass is 32.2. The minimum absolute atomic E-state index is 0.382. The number of nitrogens with zero attached hydrogens (tertiary/aromatic N) is 1. The Hall–Kier alpha value is -1.07. The zero-order chi connectivity index (χ0) is 14.6. The van der Waals surface area contributed by atoms with E-state index in [0.717, 1.165) is 32.1 Å². The molecule has 0 aliphatic carbocycles. The molecule has 1 N–H and O–H groups in total. The molecule has 112 valence electrons. The first-order valence-corrected chi connectivity index (χ1v) is 9.11. The number of hydrogen-bond acceptors (Lipinski definition) is 4. The van der Waals surface area contributed by atoms with Gasteiger partial charge in [-0.15, -0.1) is 0 Å². The summed E-state index contributed by atoms with van der Waals surface area (Å²) in [5.41, 5.74) is 0.709. The summed E-state index contributed by atoms with van der Waals surface area (Å²) >= 11 is 0. The SMILES string of the molecule is CC1CCN(CCNc2ccccc2S(C)(=O)=O)CC1. The third kappa shape index (κ3) is 4.21. The Morgan fingerprint density at radius 3 is 2.55 bits per heavy atom. The van der Waals surface area contributed by atoms with Crippen LogP contribution in [0.1, 0.15) is 19.8 Å². The molecule has 5 heteroatoms. The van der Waals surface area contributed by atoms with E-state index in [0.29, 0.717) is 10.6 Å². The van der Waals surface area contributed by atoms with E-state index < -0.39 is 9.84 Å². The Labute approximate surface area is 122 Å². The van der Waals surface area contributed by atoms with E-state index in [9.17, 15) is 8.42 Å². The maximum Gasteiger partial charge on any atom is 0.177 e. The molecular weight excluding hydrogens is 272 g/mol. The highest BCUT2D eigenvalue weighted by Gasteiger charge is 2.16. The molecule has 1 aliphatic rings. The van der Waals surface area contributed by atoms with Gasteiger partial charge in [-0.05, 0) is 44.0 Å². The second-order valence-corrected chi connectivity index (χ2v) is 7.70. The average Bonchev–Trinajstić information content (AvgIpc) is 2.40. The quantitative estimate of drug-likeness (QED) is 0.905. The van der Waals surface area contributed by atoms with Crippen LogP contribution in [-0.2, 0) is 9.84 Å². The highest BCUT2D eigenvalue weighted by molar-refractivity contribution is 7.90. The molecule has 1 saturated heterocycles. The molecule has 4 nitrogen and oxygen atoms in total. The van der Waals surface area contributed by atoms with Crippen LogP contribution in [0.4, 0.5) is 5.69 Å². The predicted molar refractivity (Wildman–Crippen MR) is 82.9 cm³/mol. The van der Waals surface area contributed by atoms with Crippen molar-refractivity contribution in [3.63, 3.8) is 0 Å². The van der Waals surface area contributed by atoms with Crippen molar-refractivity contribution in [2.75, 3.05) is 37.8 Å². The summed E-state index contributed by atoms with van der Waals surface area (Å²) in [6.45, 7) is 6.34. The number of anilines is 1. The Bertz CT molecular complexity index is 535. The van der Waals surface area contributed by atoms with Crippen LogP contribution >= 0.6 is 0 Å². The Kier molecular flexibility index (Phi) is 5.05. The first-order chi connectivity index (χ1) is 9.47. The summed E-state index contributed by atoms with van der Waals surface area (Å²) in [5, 5.41) is 3.26. The topological polar surface area (TPSA) is 49.4 Å². The fourth-order valence-corrected chi connectivity index (χ4v) is 3.44. The maximum absolute atomic E-state index is 11.7. The van der Waals surface area contributed by atoms with Gasteiger partial charge in [0.1, 0.15) is 0 Å². The maximum atomic E-state index is 11.7. The molecule has 20 heavy (non-hydrogen) atoms. The lowest BCUT2D eigenvalue weighted by Crippen LogP contribution is -2.36. The number of para-hydroxylation sites is 1. The minimum Gasteiger partial charge on any atom is -0.383 e. The largest absolute Gasteiger partial charge is 0.383 e. The van der Waals surface area contributed by atoms with Gasteiger partial charge in [0.15, 0.2) is 9.84 Å². The van der Waals surface area contributed by atoms with Crippen LogP contribution in [0.15, 0.2) is 29.2 Å². The molecule has 0 bridgehead atoms.